The van der Waals surface area contributed by atoms with Crippen LogP contribution in [0.1, 0.15) is 12.8 Å². The third-order valence-electron chi connectivity index (χ3n) is 4.30. The van der Waals surface area contributed by atoms with E-state index in [-0.39, 0.29) is 0 Å². The van der Waals surface area contributed by atoms with E-state index in [2.05, 4.69) is 22.2 Å². The smallest absolute Gasteiger partial charge is 0.0212 e. The Hall–Kier alpha value is -0.120. The molecule has 0 amide bonds. The molecule has 1 spiro atoms. The molecular formula is C12H23N3. The van der Waals surface area contributed by atoms with Gasteiger partial charge in [-0.05, 0) is 38.9 Å². The Morgan fingerprint density at radius 2 is 1.80 bits per heavy atom. The zero-order valence-electron chi connectivity index (χ0n) is 9.84. The highest BCUT2D eigenvalue weighted by Gasteiger charge is 2.50. The number of nitrogens with zero attached hydrogens (tertiary/aromatic N) is 2. The topological polar surface area (TPSA) is 18.5 Å². The Kier molecular flexibility index (Phi) is 2.49. The van der Waals surface area contributed by atoms with Gasteiger partial charge in [0.25, 0.3) is 0 Å². The molecule has 0 aliphatic carbocycles. The maximum absolute atomic E-state index is 3.44. The minimum atomic E-state index is 0.724. The molecule has 15 heavy (non-hydrogen) atoms. The van der Waals surface area contributed by atoms with Crippen molar-refractivity contribution in [2.24, 2.45) is 11.3 Å². The molecule has 0 bridgehead atoms. The Labute approximate surface area is 92.8 Å². The zero-order valence-corrected chi connectivity index (χ0v) is 9.84. The first-order valence-electron chi connectivity index (χ1n) is 6.37. The van der Waals surface area contributed by atoms with Crippen LogP contribution < -0.4 is 5.32 Å². The van der Waals surface area contributed by atoms with Crippen molar-refractivity contribution in [3.63, 3.8) is 0 Å². The highest BCUT2D eigenvalue weighted by molar-refractivity contribution is 5.04. The standard InChI is InChI=1S/C12H23N3/c1-14-7-12(8-14)9-15(10-12)6-11-2-4-13-5-3-11/h11,13H,2-10H2,1H3. The summed E-state index contributed by atoms with van der Waals surface area (Å²) >= 11 is 0. The lowest BCUT2D eigenvalue weighted by Gasteiger charge is -2.60. The van der Waals surface area contributed by atoms with Crippen LogP contribution in [0.4, 0.5) is 0 Å². The van der Waals surface area contributed by atoms with Gasteiger partial charge in [0, 0.05) is 38.1 Å². The van der Waals surface area contributed by atoms with Crippen LogP contribution in [0.2, 0.25) is 0 Å². The van der Waals surface area contributed by atoms with Crippen molar-refractivity contribution >= 4 is 0 Å². The van der Waals surface area contributed by atoms with Crippen LogP contribution in [0.25, 0.3) is 0 Å². The second kappa shape index (κ2) is 3.72. The summed E-state index contributed by atoms with van der Waals surface area (Å²) in [6.07, 6.45) is 2.78. The second-order valence-electron chi connectivity index (χ2n) is 6.04. The molecule has 0 saturated carbocycles. The second-order valence-corrected chi connectivity index (χ2v) is 6.04. The van der Waals surface area contributed by atoms with Gasteiger partial charge in [-0.25, -0.2) is 0 Å². The first kappa shape index (κ1) is 10.1. The summed E-state index contributed by atoms with van der Waals surface area (Å²) in [4.78, 5) is 5.13. The average molecular weight is 209 g/mol. The van der Waals surface area contributed by atoms with E-state index >= 15 is 0 Å². The fourth-order valence-corrected chi connectivity index (χ4v) is 3.76. The van der Waals surface area contributed by atoms with Gasteiger partial charge in [-0.3, -0.25) is 0 Å². The molecule has 3 aliphatic rings. The van der Waals surface area contributed by atoms with E-state index in [0.29, 0.717) is 0 Å². The number of nitrogens with one attached hydrogen (secondary N) is 1. The van der Waals surface area contributed by atoms with Crippen molar-refractivity contribution in [3.8, 4) is 0 Å². The molecule has 3 nitrogen and oxygen atoms in total. The van der Waals surface area contributed by atoms with Crippen LogP contribution in [0.3, 0.4) is 0 Å². The molecule has 0 aromatic heterocycles. The van der Waals surface area contributed by atoms with E-state index in [9.17, 15) is 0 Å². The van der Waals surface area contributed by atoms with Crippen LogP contribution in [0, 0.1) is 11.3 Å². The minimum Gasteiger partial charge on any atom is -0.317 e. The van der Waals surface area contributed by atoms with Gasteiger partial charge < -0.3 is 15.1 Å². The van der Waals surface area contributed by atoms with Gasteiger partial charge in [0.15, 0.2) is 0 Å². The van der Waals surface area contributed by atoms with Crippen molar-refractivity contribution < 1.29 is 0 Å². The van der Waals surface area contributed by atoms with Crippen LogP contribution in [-0.4, -0.2) is 62.7 Å². The number of rotatable bonds is 2. The van der Waals surface area contributed by atoms with Crippen molar-refractivity contribution in [1.29, 1.82) is 0 Å². The maximum atomic E-state index is 3.44. The van der Waals surface area contributed by atoms with E-state index in [1.54, 1.807) is 0 Å². The summed E-state index contributed by atoms with van der Waals surface area (Å²) in [5.74, 6) is 0.974. The molecule has 0 aromatic carbocycles. The highest BCUT2D eigenvalue weighted by atomic mass is 15.3. The van der Waals surface area contributed by atoms with Crippen molar-refractivity contribution in [3.05, 3.63) is 0 Å². The van der Waals surface area contributed by atoms with Gasteiger partial charge in [0.05, 0.1) is 0 Å². The molecule has 3 rings (SSSR count). The van der Waals surface area contributed by atoms with Gasteiger partial charge in [-0.1, -0.05) is 0 Å². The van der Waals surface area contributed by atoms with Gasteiger partial charge in [-0.2, -0.15) is 0 Å². The lowest BCUT2D eigenvalue weighted by atomic mass is 9.72. The van der Waals surface area contributed by atoms with E-state index in [0.717, 1.165) is 11.3 Å². The summed E-state index contributed by atoms with van der Waals surface area (Å²) in [5, 5.41) is 3.44. The third-order valence-corrected chi connectivity index (χ3v) is 4.30. The van der Waals surface area contributed by atoms with Gasteiger partial charge >= 0.3 is 0 Å². The molecule has 3 heterocycles. The summed E-state index contributed by atoms with van der Waals surface area (Å²) in [5.41, 5.74) is 0.724. The number of likely N-dealkylation sites (tertiary alicyclic amines) is 2. The predicted octanol–water partition coefficient (Wildman–Crippen LogP) is 0.233. The average Bonchev–Trinajstić information content (AvgIpc) is 2.14. The van der Waals surface area contributed by atoms with E-state index in [1.165, 1.54) is 58.7 Å². The fourth-order valence-electron chi connectivity index (χ4n) is 3.76. The quantitative estimate of drug-likeness (QED) is 0.702. The third kappa shape index (κ3) is 1.93. The van der Waals surface area contributed by atoms with Crippen molar-refractivity contribution in [2.45, 2.75) is 12.8 Å². The molecule has 0 unspecified atom stereocenters. The van der Waals surface area contributed by atoms with Crippen LogP contribution in [-0.2, 0) is 0 Å². The lowest BCUT2D eigenvalue weighted by molar-refractivity contribution is -0.109. The SMILES string of the molecule is CN1CC2(C1)CN(CC1CCNCC1)C2. The van der Waals surface area contributed by atoms with Gasteiger partial charge in [0.1, 0.15) is 0 Å². The number of hydrogen-bond donors (Lipinski definition) is 1. The lowest BCUT2D eigenvalue weighted by Crippen LogP contribution is -2.71. The Morgan fingerprint density at radius 1 is 1.13 bits per heavy atom. The zero-order chi connectivity index (χ0) is 10.3. The molecule has 3 heteroatoms. The Morgan fingerprint density at radius 3 is 2.40 bits per heavy atom. The summed E-state index contributed by atoms with van der Waals surface area (Å²) in [6, 6.07) is 0. The molecule has 0 radical (unpaired) electrons. The first-order valence-corrected chi connectivity index (χ1v) is 6.37. The number of piperidine rings is 1. The summed E-state index contributed by atoms with van der Waals surface area (Å²) in [6.45, 7) is 9.29. The largest absolute Gasteiger partial charge is 0.317 e. The fraction of sp³-hybridized carbons (Fsp3) is 1.00. The van der Waals surface area contributed by atoms with Gasteiger partial charge in [0.2, 0.25) is 0 Å². The van der Waals surface area contributed by atoms with E-state index in [4.69, 9.17) is 0 Å². The van der Waals surface area contributed by atoms with Crippen molar-refractivity contribution in [1.82, 2.24) is 15.1 Å². The monoisotopic (exact) mass is 209 g/mol. The van der Waals surface area contributed by atoms with Crippen LogP contribution in [0.15, 0.2) is 0 Å². The highest BCUT2D eigenvalue weighted by Crippen LogP contribution is 2.39. The summed E-state index contributed by atoms with van der Waals surface area (Å²) in [7, 11) is 2.24. The molecule has 0 aromatic rings. The van der Waals surface area contributed by atoms with Crippen LogP contribution >= 0.6 is 0 Å². The minimum absolute atomic E-state index is 0.724. The molecule has 3 fully saturated rings. The first-order chi connectivity index (χ1) is 7.26. The predicted molar refractivity (Wildman–Crippen MR) is 62.0 cm³/mol. The van der Waals surface area contributed by atoms with Crippen molar-refractivity contribution in [2.75, 3.05) is 52.9 Å². The maximum Gasteiger partial charge on any atom is 0.0212 e. The molecule has 3 aliphatic heterocycles. The summed E-state index contributed by atoms with van der Waals surface area (Å²) < 4.78 is 0. The van der Waals surface area contributed by atoms with Gasteiger partial charge in [-0.15, -0.1) is 0 Å². The molecular weight excluding hydrogens is 186 g/mol. The molecule has 0 atom stereocenters. The van der Waals surface area contributed by atoms with E-state index < -0.39 is 0 Å². The van der Waals surface area contributed by atoms with E-state index in [1.807, 2.05) is 0 Å². The normalized spacial score (nSPS) is 32.6. The molecule has 3 saturated heterocycles. The van der Waals surface area contributed by atoms with Crippen LogP contribution in [0.5, 0.6) is 0 Å². The number of hydrogen-bond acceptors (Lipinski definition) is 3. The Bertz CT molecular complexity index is 221. The molecule has 86 valence electrons. The molecule has 1 N–H and O–H groups in total. The Balaban J connectivity index is 1.40.